The predicted octanol–water partition coefficient (Wildman–Crippen LogP) is 1.75. The largest absolute Gasteiger partial charge is 0.343 e. The van der Waals surface area contributed by atoms with Crippen molar-refractivity contribution in [3.05, 3.63) is 24.9 Å². The lowest BCUT2D eigenvalue weighted by atomic mass is 10.1. The molecule has 3 heteroatoms. The van der Waals surface area contributed by atoms with Gasteiger partial charge in [-0.15, -0.1) is 6.58 Å². The molecule has 0 saturated heterocycles. The number of allylic oxidation sites excluding steroid dienone is 1. The molecule has 0 aliphatic carbocycles. The minimum Gasteiger partial charge on any atom is -0.343 e. The van der Waals surface area contributed by atoms with Gasteiger partial charge in [0.2, 0.25) is 6.39 Å². The van der Waals surface area contributed by atoms with E-state index in [1.165, 1.54) is 6.39 Å². The zero-order chi connectivity index (χ0) is 7.40. The molecule has 1 rings (SSSR count). The molecule has 10 heavy (non-hydrogen) atoms. The molecule has 1 atom stereocenters. The maximum Gasteiger partial charge on any atom is 0.213 e. The van der Waals surface area contributed by atoms with E-state index < -0.39 is 0 Å². The fourth-order valence-corrected chi connectivity index (χ4v) is 0.797. The highest BCUT2D eigenvalue weighted by molar-refractivity contribution is 5.00. The number of nitrogens with zero attached hydrogens (tertiary/aromatic N) is 2. The van der Waals surface area contributed by atoms with Gasteiger partial charge in [0.1, 0.15) is 0 Å². The molecule has 1 aromatic heterocycles. The van der Waals surface area contributed by atoms with E-state index in [1.54, 1.807) is 0 Å². The van der Waals surface area contributed by atoms with Crippen LogP contribution in [0.4, 0.5) is 0 Å². The number of aromatic nitrogens is 2. The molecular formula is C7H10N2O. The third-order valence-electron chi connectivity index (χ3n) is 1.43. The molecule has 0 N–H and O–H groups in total. The van der Waals surface area contributed by atoms with Crippen molar-refractivity contribution in [3.8, 4) is 0 Å². The van der Waals surface area contributed by atoms with E-state index in [9.17, 15) is 0 Å². The van der Waals surface area contributed by atoms with E-state index in [-0.39, 0.29) is 5.92 Å². The van der Waals surface area contributed by atoms with Crippen LogP contribution < -0.4 is 0 Å². The molecule has 1 heterocycles. The summed E-state index contributed by atoms with van der Waals surface area (Å²) in [4.78, 5) is 3.91. The van der Waals surface area contributed by atoms with Crippen molar-refractivity contribution in [3.63, 3.8) is 0 Å². The number of rotatable bonds is 3. The predicted molar refractivity (Wildman–Crippen MR) is 37.5 cm³/mol. The highest BCUT2D eigenvalue weighted by Gasteiger charge is 2.08. The fourth-order valence-electron chi connectivity index (χ4n) is 0.797. The van der Waals surface area contributed by atoms with Crippen LogP contribution in [-0.2, 0) is 0 Å². The van der Waals surface area contributed by atoms with Gasteiger partial charge in [0, 0.05) is 5.92 Å². The van der Waals surface area contributed by atoms with E-state index in [0.29, 0.717) is 0 Å². The number of hydrogen-bond donors (Lipinski definition) is 0. The molecule has 0 aliphatic heterocycles. The van der Waals surface area contributed by atoms with Gasteiger partial charge in [-0.2, -0.15) is 4.98 Å². The first-order chi connectivity index (χ1) is 4.88. The molecule has 3 nitrogen and oxygen atoms in total. The molecule has 0 aliphatic rings. The normalized spacial score (nSPS) is 12.9. The van der Waals surface area contributed by atoms with E-state index in [4.69, 9.17) is 0 Å². The van der Waals surface area contributed by atoms with Crippen molar-refractivity contribution in [1.82, 2.24) is 10.1 Å². The van der Waals surface area contributed by atoms with Crippen LogP contribution in [0.5, 0.6) is 0 Å². The van der Waals surface area contributed by atoms with Crippen LogP contribution in [0.25, 0.3) is 0 Å². The lowest BCUT2D eigenvalue weighted by Gasteiger charge is -2.00. The second kappa shape index (κ2) is 3.15. The lowest BCUT2D eigenvalue weighted by molar-refractivity contribution is 0.407. The Morgan fingerprint density at radius 1 is 1.90 bits per heavy atom. The second-order valence-corrected chi connectivity index (χ2v) is 2.04. The van der Waals surface area contributed by atoms with Crippen LogP contribution in [0.3, 0.4) is 0 Å². The molecule has 0 spiro atoms. The Hall–Kier alpha value is -1.12. The Bertz CT molecular complexity index is 193. The summed E-state index contributed by atoms with van der Waals surface area (Å²) in [5.41, 5.74) is 0. The van der Waals surface area contributed by atoms with Gasteiger partial charge >= 0.3 is 0 Å². The highest BCUT2D eigenvalue weighted by atomic mass is 16.5. The summed E-state index contributed by atoms with van der Waals surface area (Å²) in [6.07, 6.45) is 4.12. The first-order valence-electron chi connectivity index (χ1n) is 3.27. The zero-order valence-electron chi connectivity index (χ0n) is 5.95. The van der Waals surface area contributed by atoms with Gasteiger partial charge in [0.15, 0.2) is 5.82 Å². The third kappa shape index (κ3) is 1.23. The summed E-state index contributed by atoms with van der Waals surface area (Å²) >= 11 is 0. The molecule has 54 valence electrons. The molecule has 1 unspecified atom stereocenters. The minimum absolute atomic E-state index is 0.235. The first-order valence-corrected chi connectivity index (χ1v) is 3.27. The van der Waals surface area contributed by atoms with Gasteiger partial charge in [0.05, 0.1) is 0 Å². The maximum atomic E-state index is 4.59. The molecule has 0 amide bonds. The van der Waals surface area contributed by atoms with Gasteiger partial charge in [-0.25, -0.2) is 0 Å². The minimum atomic E-state index is 0.235. The number of hydrogen-bond acceptors (Lipinski definition) is 3. The van der Waals surface area contributed by atoms with Crippen molar-refractivity contribution in [1.29, 1.82) is 0 Å². The molecule has 0 bridgehead atoms. The highest BCUT2D eigenvalue weighted by Crippen LogP contribution is 2.14. The van der Waals surface area contributed by atoms with Crippen LogP contribution in [0.1, 0.15) is 25.1 Å². The van der Waals surface area contributed by atoms with Crippen molar-refractivity contribution < 1.29 is 4.52 Å². The lowest BCUT2D eigenvalue weighted by Crippen LogP contribution is -1.94. The van der Waals surface area contributed by atoms with Crippen LogP contribution in [0.2, 0.25) is 0 Å². The Labute approximate surface area is 59.8 Å². The van der Waals surface area contributed by atoms with Crippen LogP contribution in [-0.4, -0.2) is 10.1 Å². The first kappa shape index (κ1) is 6.99. The Morgan fingerprint density at radius 2 is 2.70 bits per heavy atom. The summed E-state index contributed by atoms with van der Waals surface area (Å²) in [5, 5.41) is 3.70. The molecule has 0 saturated carbocycles. The fraction of sp³-hybridized carbons (Fsp3) is 0.429. The van der Waals surface area contributed by atoms with Gasteiger partial charge in [-0.1, -0.05) is 18.2 Å². The van der Waals surface area contributed by atoms with Crippen LogP contribution in [0.15, 0.2) is 23.6 Å². The van der Waals surface area contributed by atoms with Crippen LogP contribution in [0, 0.1) is 0 Å². The summed E-state index contributed by atoms with van der Waals surface area (Å²) in [5.74, 6) is 0.955. The molecule has 0 fully saturated rings. The molecule has 1 aromatic rings. The molecule has 0 aromatic carbocycles. The zero-order valence-corrected chi connectivity index (χ0v) is 5.95. The van der Waals surface area contributed by atoms with E-state index in [0.717, 1.165) is 12.2 Å². The SMILES string of the molecule is C=CC(CC)c1ncon1. The average Bonchev–Trinajstić information content (AvgIpc) is 2.43. The van der Waals surface area contributed by atoms with Crippen LogP contribution >= 0.6 is 0 Å². The van der Waals surface area contributed by atoms with Gasteiger partial charge in [-0.3, -0.25) is 0 Å². The summed E-state index contributed by atoms with van der Waals surface area (Å²) in [7, 11) is 0. The summed E-state index contributed by atoms with van der Waals surface area (Å²) < 4.78 is 4.59. The second-order valence-electron chi connectivity index (χ2n) is 2.04. The van der Waals surface area contributed by atoms with E-state index in [1.807, 2.05) is 6.08 Å². The van der Waals surface area contributed by atoms with Crippen molar-refractivity contribution >= 4 is 0 Å². The third-order valence-corrected chi connectivity index (χ3v) is 1.43. The van der Waals surface area contributed by atoms with Crippen molar-refractivity contribution in [2.75, 3.05) is 0 Å². The standard InChI is InChI=1S/C7H10N2O/c1-3-6(4-2)7-8-5-10-9-7/h3,5-6H,1,4H2,2H3. The van der Waals surface area contributed by atoms with Crippen molar-refractivity contribution in [2.45, 2.75) is 19.3 Å². The maximum absolute atomic E-state index is 4.59. The molecular weight excluding hydrogens is 128 g/mol. The smallest absolute Gasteiger partial charge is 0.213 e. The van der Waals surface area contributed by atoms with Gasteiger partial charge < -0.3 is 4.52 Å². The Kier molecular flexibility index (Phi) is 2.20. The van der Waals surface area contributed by atoms with E-state index >= 15 is 0 Å². The summed E-state index contributed by atoms with van der Waals surface area (Å²) in [6, 6.07) is 0. The molecule has 0 radical (unpaired) electrons. The summed E-state index contributed by atoms with van der Waals surface area (Å²) in [6.45, 7) is 5.72. The van der Waals surface area contributed by atoms with E-state index in [2.05, 4.69) is 28.2 Å². The topological polar surface area (TPSA) is 38.9 Å². The Morgan fingerprint density at radius 3 is 3.10 bits per heavy atom. The average molecular weight is 138 g/mol. The quantitative estimate of drug-likeness (QED) is 0.597. The monoisotopic (exact) mass is 138 g/mol. The van der Waals surface area contributed by atoms with Gasteiger partial charge in [-0.05, 0) is 6.42 Å². The Balaban J connectivity index is 2.73. The van der Waals surface area contributed by atoms with Crippen molar-refractivity contribution in [2.24, 2.45) is 0 Å². The van der Waals surface area contributed by atoms with Gasteiger partial charge in [0.25, 0.3) is 0 Å².